The summed E-state index contributed by atoms with van der Waals surface area (Å²) in [5, 5.41) is 3.23. The standard InChI is InChI=1S/C14H18ClN5O/c1-10-5-4-6-11(9-10)21-8-7-16-13-17-12(15)18-14(19-13)20(2)3/h4-6,9H,7-8H2,1-3H3,(H,16,17,18,19). The number of rotatable bonds is 6. The molecule has 0 bridgehead atoms. The lowest BCUT2D eigenvalue weighted by Gasteiger charge is -2.12. The molecule has 1 heterocycles. The van der Waals surface area contributed by atoms with Crippen molar-refractivity contribution < 1.29 is 4.74 Å². The Balaban J connectivity index is 1.86. The maximum Gasteiger partial charge on any atom is 0.230 e. The Morgan fingerprint density at radius 2 is 2.05 bits per heavy atom. The first-order valence-corrected chi connectivity index (χ1v) is 6.94. The van der Waals surface area contributed by atoms with Gasteiger partial charge in [-0.1, -0.05) is 12.1 Å². The predicted molar refractivity (Wildman–Crippen MR) is 84.3 cm³/mol. The fourth-order valence-electron chi connectivity index (χ4n) is 1.66. The van der Waals surface area contributed by atoms with E-state index in [1.807, 2.05) is 45.3 Å². The van der Waals surface area contributed by atoms with E-state index in [0.29, 0.717) is 25.0 Å². The Morgan fingerprint density at radius 1 is 1.24 bits per heavy atom. The Kier molecular flexibility index (Phi) is 5.16. The Hall–Kier alpha value is -2.08. The van der Waals surface area contributed by atoms with Gasteiger partial charge < -0.3 is 15.0 Å². The third kappa shape index (κ3) is 4.75. The summed E-state index contributed by atoms with van der Waals surface area (Å²) in [6.07, 6.45) is 0. The van der Waals surface area contributed by atoms with Crippen molar-refractivity contribution in [1.82, 2.24) is 15.0 Å². The van der Waals surface area contributed by atoms with Gasteiger partial charge in [0, 0.05) is 14.1 Å². The Bertz CT molecular complexity index is 606. The highest BCUT2D eigenvalue weighted by Crippen LogP contribution is 2.13. The SMILES string of the molecule is Cc1cccc(OCCNc2nc(Cl)nc(N(C)C)n2)c1. The molecule has 0 aliphatic carbocycles. The molecule has 7 heteroatoms. The van der Waals surface area contributed by atoms with Gasteiger partial charge in [-0.2, -0.15) is 15.0 Å². The van der Waals surface area contributed by atoms with Crippen molar-refractivity contribution in [2.24, 2.45) is 0 Å². The zero-order chi connectivity index (χ0) is 15.2. The first kappa shape index (κ1) is 15.3. The number of benzene rings is 1. The van der Waals surface area contributed by atoms with Crippen LogP contribution >= 0.6 is 11.6 Å². The van der Waals surface area contributed by atoms with Gasteiger partial charge in [-0.25, -0.2) is 0 Å². The van der Waals surface area contributed by atoms with E-state index in [4.69, 9.17) is 16.3 Å². The quantitative estimate of drug-likeness (QED) is 0.827. The molecule has 0 amide bonds. The van der Waals surface area contributed by atoms with Gasteiger partial charge in [-0.3, -0.25) is 0 Å². The lowest BCUT2D eigenvalue weighted by Crippen LogP contribution is -2.17. The number of hydrogen-bond acceptors (Lipinski definition) is 6. The second-order valence-electron chi connectivity index (χ2n) is 4.71. The third-order valence-corrected chi connectivity index (χ3v) is 2.81. The molecule has 2 aromatic rings. The van der Waals surface area contributed by atoms with Gasteiger partial charge in [0.1, 0.15) is 12.4 Å². The van der Waals surface area contributed by atoms with Crippen LogP contribution in [0.5, 0.6) is 5.75 Å². The smallest absolute Gasteiger partial charge is 0.230 e. The molecule has 2 rings (SSSR count). The summed E-state index contributed by atoms with van der Waals surface area (Å²) < 4.78 is 5.64. The Morgan fingerprint density at radius 3 is 2.76 bits per heavy atom. The van der Waals surface area contributed by atoms with Crippen LogP contribution in [0.4, 0.5) is 11.9 Å². The van der Waals surface area contributed by atoms with E-state index >= 15 is 0 Å². The molecule has 1 N–H and O–H groups in total. The van der Waals surface area contributed by atoms with Crippen molar-refractivity contribution in [3.05, 3.63) is 35.1 Å². The van der Waals surface area contributed by atoms with Gasteiger partial charge in [0.15, 0.2) is 0 Å². The molecule has 0 saturated heterocycles. The summed E-state index contributed by atoms with van der Waals surface area (Å²) in [5.74, 6) is 1.79. The van der Waals surface area contributed by atoms with Crippen molar-refractivity contribution in [2.75, 3.05) is 37.5 Å². The minimum absolute atomic E-state index is 0.163. The number of nitrogens with zero attached hydrogens (tertiary/aromatic N) is 4. The first-order valence-electron chi connectivity index (χ1n) is 6.57. The molecule has 1 aromatic carbocycles. The summed E-state index contributed by atoms with van der Waals surface area (Å²) in [4.78, 5) is 14.1. The van der Waals surface area contributed by atoms with Gasteiger partial charge in [-0.15, -0.1) is 0 Å². The molecule has 0 radical (unpaired) electrons. The van der Waals surface area contributed by atoms with Gasteiger partial charge in [-0.05, 0) is 36.2 Å². The molecule has 6 nitrogen and oxygen atoms in total. The zero-order valence-corrected chi connectivity index (χ0v) is 13.1. The molecule has 1 aromatic heterocycles. The van der Waals surface area contributed by atoms with Crippen molar-refractivity contribution in [3.8, 4) is 5.75 Å². The number of ether oxygens (including phenoxy) is 1. The van der Waals surface area contributed by atoms with Crippen LogP contribution in [0.1, 0.15) is 5.56 Å². The Labute approximate surface area is 129 Å². The molecule has 112 valence electrons. The van der Waals surface area contributed by atoms with E-state index in [1.165, 1.54) is 5.56 Å². The molecule has 21 heavy (non-hydrogen) atoms. The van der Waals surface area contributed by atoms with Crippen molar-refractivity contribution in [3.63, 3.8) is 0 Å². The number of hydrogen-bond donors (Lipinski definition) is 1. The highest BCUT2D eigenvalue weighted by molar-refractivity contribution is 6.28. The predicted octanol–water partition coefficient (Wildman–Crippen LogP) is 2.39. The highest BCUT2D eigenvalue weighted by atomic mass is 35.5. The van der Waals surface area contributed by atoms with Gasteiger partial charge in [0.2, 0.25) is 17.2 Å². The number of halogens is 1. The van der Waals surface area contributed by atoms with Crippen molar-refractivity contribution in [2.45, 2.75) is 6.92 Å². The number of nitrogens with one attached hydrogen (secondary N) is 1. The van der Waals surface area contributed by atoms with Gasteiger partial charge in [0.05, 0.1) is 6.54 Å². The molecule has 0 atom stereocenters. The monoisotopic (exact) mass is 307 g/mol. The molecule has 0 aliphatic heterocycles. The molecular formula is C14H18ClN5O. The number of aromatic nitrogens is 3. The topological polar surface area (TPSA) is 63.2 Å². The minimum atomic E-state index is 0.163. The van der Waals surface area contributed by atoms with Crippen LogP contribution in [0.2, 0.25) is 5.28 Å². The van der Waals surface area contributed by atoms with E-state index in [9.17, 15) is 0 Å². The summed E-state index contributed by atoms with van der Waals surface area (Å²) >= 11 is 5.86. The molecule has 0 fully saturated rings. The molecule has 0 saturated carbocycles. The van der Waals surface area contributed by atoms with Crippen LogP contribution in [0.25, 0.3) is 0 Å². The summed E-state index contributed by atoms with van der Waals surface area (Å²) in [6.45, 7) is 3.10. The second-order valence-corrected chi connectivity index (χ2v) is 5.05. The minimum Gasteiger partial charge on any atom is -0.492 e. The first-order chi connectivity index (χ1) is 10.0. The maximum absolute atomic E-state index is 5.86. The molecule has 0 aliphatic rings. The van der Waals surface area contributed by atoms with Crippen LogP contribution in [0.3, 0.4) is 0 Å². The van der Waals surface area contributed by atoms with E-state index in [2.05, 4.69) is 20.3 Å². The van der Waals surface area contributed by atoms with Crippen LogP contribution in [-0.2, 0) is 0 Å². The van der Waals surface area contributed by atoms with Gasteiger partial charge in [0.25, 0.3) is 0 Å². The summed E-state index contributed by atoms with van der Waals surface area (Å²) in [6, 6.07) is 7.91. The largest absolute Gasteiger partial charge is 0.492 e. The lowest BCUT2D eigenvalue weighted by atomic mass is 10.2. The van der Waals surface area contributed by atoms with Crippen LogP contribution in [0.15, 0.2) is 24.3 Å². The molecule has 0 unspecified atom stereocenters. The molecular weight excluding hydrogens is 290 g/mol. The lowest BCUT2D eigenvalue weighted by molar-refractivity contribution is 0.332. The maximum atomic E-state index is 5.86. The van der Waals surface area contributed by atoms with E-state index in [-0.39, 0.29) is 5.28 Å². The number of aryl methyl sites for hydroxylation is 1. The van der Waals surface area contributed by atoms with Crippen LogP contribution < -0.4 is 15.0 Å². The summed E-state index contributed by atoms with van der Waals surface area (Å²) in [7, 11) is 3.69. The fourth-order valence-corrected chi connectivity index (χ4v) is 1.81. The van der Waals surface area contributed by atoms with Crippen LogP contribution in [0, 0.1) is 6.92 Å². The normalized spacial score (nSPS) is 10.3. The van der Waals surface area contributed by atoms with Crippen molar-refractivity contribution >= 4 is 23.5 Å². The second kappa shape index (κ2) is 7.08. The average Bonchev–Trinajstić information content (AvgIpc) is 2.43. The average molecular weight is 308 g/mol. The van der Waals surface area contributed by atoms with Crippen molar-refractivity contribution in [1.29, 1.82) is 0 Å². The van der Waals surface area contributed by atoms with E-state index < -0.39 is 0 Å². The number of anilines is 2. The summed E-state index contributed by atoms with van der Waals surface area (Å²) in [5.41, 5.74) is 1.17. The third-order valence-electron chi connectivity index (χ3n) is 2.64. The van der Waals surface area contributed by atoms with E-state index in [1.54, 1.807) is 4.90 Å². The fraction of sp³-hybridized carbons (Fsp3) is 0.357. The van der Waals surface area contributed by atoms with Crippen LogP contribution in [-0.4, -0.2) is 42.2 Å². The highest BCUT2D eigenvalue weighted by Gasteiger charge is 2.06. The molecule has 0 spiro atoms. The van der Waals surface area contributed by atoms with Gasteiger partial charge >= 0.3 is 0 Å². The van der Waals surface area contributed by atoms with E-state index in [0.717, 1.165) is 5.75 Å². The zero-order valence-electron chi connectivity index (χ0n) is 12.3.